The van der Waals surface area contributed by atoms with Crippen molar-refractivity contribution in [1.29, 1.82) is 0 Å². The molecule has 1 amide bonds. The lowest BCUT2D eigenvalue weighted by Gasteiger charge is -2.20. The Morgan fingerprint density at radius 1 is 1.14 bits per heavy atom. The summed E-state index contributed by atoms with van der Waals surface area (Å²) >= 11 is 0. The van der Waals surface area contributed by atoms with Gasteiger partial charge in [0.15, 0.2) is 5.82 Å². The van der Waals surface area contributed by atoms with Crippen LogP contribution in [0.3, 0.4) is 0 Å². The molecule has 1 aliphatic rings. The standard InChI is InChI=1S/C16H18N4O/c17-13-7-5-12(6-8-13)16(21)19-14-4-3-9-18-15(14)20-10-1-2-11-20/h3-9H,1-2,10-11,17H2,(H,19,21). The number of aromatic nitrogens is 1. The number of rotatable bonds is 3. The Hall–Kier alpha value is -2.56. The van der Waals surface area contributed by atoms with Crippen LogP contribution in [0.4, 0.5) is 17.2 Å². The first-order valence-corrected chi connectivity index (χ1v) is 7.11. The molecule has 0 spiro atoms. The number of benzene rings is 1. The lowest BCUT2D eigenvalue weighted by molar-refractivity contribution is 0.102. The van der Waals surface area contributed by atoms with Gasteiger partial charge in [0.25, 0.3) is 5.91 Å². The zero-order valence-electron chi connectivity index (χ0n) is 11.7. The quantitative estimate of drug-likeness (QED) is 0.849. The van der Waals surface area contributed by atoms with E-state index < -0.39 is 0 Å². The van der Waals surface area contributed by atoms with Gasteiger partial charge in [-0.05, 0) is 49.2 Å². The first-order chi connectivity index (χ1) is 10.2. The van der Waals surface area contributed by atoms with Gasteiger partial charge in [-0.1, -0.05) is 0 Å². The third-order valence-corrected chi connectivity index (χ3v) is 3.61. The molecule has 0 radical (unpaired) electrons. The molecule has 0 aliphatic carbocycles. The van der Waals surface area contributed by atoms with Crippen LogP contribution in [0, 0.1) is 0 Å². The molecule has 5 heteroatoms. The number of nitrogens with zero attached hydrogens (tertiary/aromatic N) is 2. The summed E-state index contributed by atoms with van der Waals surface area (Å²) < 4.78 is 0. The third kappa shape index (κ3) is 2.97. The summed E-state index contributed by atoms with van der Waals surface area (Å²) in [5.41, 5.74) is 7.62. The topological polar surface area (TPSA) is 71.2 Å². The van der Waals surface area contributed by atoms with Crippen LogP contribution in [0.1, 0.15) is 23.2 Å². The van der Waals surface area contributed by atoms with Crippen LogP contribution >= 0.6 is 0 Å². The summed E-state index contributed by atoms with van der Waals surface area (Å²) in [5.74, 6) is 0.697. The first kappa shape index (κ1) is 13.4. The fourth-order valence-electron chi connectivity index (χ4n) is 2.50. The molecule has 1 fully saturated rings. The summed E-state index contributed by atoms with van der Waals surface area (Å²) in [4.78, 5) is 18.9. The second kappa shape index (κ2) is 5.83. The molecule has 5 nitrogen and oxygen atoms in total. The Morgan fingerprint density at radius 3 is 2.57 bits per heavy atom. The van der Waals surface area contributed by atoms with E-state index in [1.165, 1.54) is 12.8 Å². The van der Waals surface area contributed by atoms with E-state index in [2.05, 4.69) is 15.2 Å². The first-order valence-electron chi connectivity index (χ1n) is 7.11. The van der Waals surface area contributed by atoms with Gasteiger partial charge in [-0.15, -0.1) is 0 Å². The summed E-state index contributed by atoms with van der Waals surface area (Å²) in [6.45, 7) is 1.98. The number of nitrogens with one attached hydrogen (secondary N) is 1. The van der Waals surface area contributed by atoms with Crippen molar-refractivity contribution in [2.24, 2.45) is 0 Å². The van der Waals surface area contributed by atoms with Crippen molar-refractivity contribution in [1.82, 2.24) is 4.98 Å². The zero-order valence-corrected chi connectivity index (χ0v) is 11.7. The van der Waals surface area contributed by atoms with E-state index in [1.54, 1.807) is 30.5 Å². The van der Waals surface area contributed by atoms with Crippen LogP contribution in [-0.4, -0.2) is 24.0 Å². The summed E-state index contributed by atoms with van der Waals surface area (Å²) in [7, 11) is 0. The maximum absolute atomic E-state index is 12.3. The van der Waals surface area contributed by atoms with Crippen molar-refractivity contribution < 1.29 is 4.79 Å². The smallest absolute Gasteiger partial charge is 0.255 e. The predicted octanol–water partition coefficient (Wildman–Crippen LogP) is 2.52. The third-order valence-electron chi connectivity index (χ3n) is 3.61. The van der Waals surface area contributed by atoms with Crippen molar-refractivity contribution >= 4 is 23.1 Å². The number of hydrogen-bond acceptors (Lipinski definition) is 4. The second-order valence-corrected chi connectivity index (χ2v) is 5.14. The highest BCUT2D eigenvalue weighted by Gasteiger charge is 2.18. The van der Waals surface area contributed by atoms with Gasteiger partial charge in [0, 0.05) is 30.5 Å². The number of nitrogen functional groups attached to an aromatic ring is 1. The Balaban J connectivity index is 1.81. The molecule has 2 heterocycles. The molecular formula is C16H18N4O. The second-order valence-electron chi connectivity index (χ2n) is 5.14. The molecule has 1 aromatic carbocycles. The van der Waals surface area contributed by atoms with Crippen molar-refractivity contribution in [3.8, 4) is 0 Å². The highest BCUT2D eigenvalue weighted by molar-refractivity contribution is 6.05. The normalized spacial score (nSPS) is 14.2. The van der Waals surface area contributed by atoms with Crippen LogP contribution in [0.2, 0.25) is 0 Å². The minimum Gasteiger partial charge on any atom is -0.399 e. The monoisotopic (exact) mass is 282 g/mol. The molecule has 108 valence electrons. The molecule has 1 aliphatic heterocycles. The lowest BCUT2D eigenvalue weighted by atomic mass is 10.2. The van der Waals surface area contributed by atoms with E-state index in [-0.39, 0.29) is 5.91 Å². The summed E-state index contributed by atoms with van der Waals surface area (Å²) in [6, 6.07) is 10.6. The van der Waals surface area contributed by atoms with E-state index in [9.17, 15) is 4.79 Å². The number of amides is 1. The fraction of sp³-hybridized carbons (Fsp3) is 0.250. The van der Waals surface area contributed by atoms with Crippen LogP contribution < -0.4 is 16.0 Å². The molecule has 0 saturated carbocycles. The van der Waals surface area contributed by atoms with Gasteiger partial charge in [0.1, 0.15) is 0 Å². The summed E-state index contributed by atoms with van der Waals surface area (Å²) in [5, 5.41) is 2.94. The molecule has 1 aromatic heterocycles. The number of nitrogens with two attached hydrogens (primary N) is 1. The van der Waals surface area contributed by atoms with Gasteiger partial charge >= 0.3 is 0 Å². The van der Waals surface area contributed by atoms with Crippen molar-refractivity contribution in [2.45, 2.75) is 12.8 Å². The van der Waals surface area contributed by atoms with E-state index in [0.29, 0.717) is 11.3 Å². The Kier molecular flexibility index (Phi) is 3.73. The largest absolute Gasteiger partial charge is 0.399 e. The minimum absolute atomic E-state index is 0.150. The molecule has 21 heavy (non-hydrogen) atoms. The molecule has 0 atom stereocenters. The van der Waals surface area contributed by atoms with E-state index >= 15 is 0 Å². The van der Waals surface area contributed by atoms with Crippen molar-refractivity contribution in [3.05, 3.63) is 48.2 Å². The van der Waals surface area contributed by atoms with Crippen LogP contribution in [0.5, 0.6) is 0 Å². The number of hydrogen-bond donors (Lipinski definition) is 2. The maximum Gasteiger partial charge on any atom is 0.255 e. The van der Waals surface area contributed by atoms with Gasteiger partial charge in [-0.3, -0.25) is 4.79 Å². The minimum atomic E-state index is -0.150. The number of carbonyl (C=O) groups is 1. The van der Waals surface area contributed by atoms with Gasteiger partial charge in [-0.25, -0.2) is 4.98 Å². The number of pyridine rings is 1. The molecule has 3 rings (SSSR count). The average Bonchev–Trinajstić information content (AvgIpc) is 3.02. The highest BCUT2D eigenvalue weighted by atomic mass is 16.1. The van der Waals surface area contributed by atoms with Crippen molar-refractivity contribution in [2.75, 3.05) is 29.0 Å². The molecule has 3 N–H and O–H groups in total. The van der Waals surface area contributed by atoms with Crippen molar-refractivity contribution in [3.63, 3.8) is 0 Å². The van der Waals surface area contributed by atoms with E-state index in [1.807, 2.05) is 12.1 Å². The average molecular weight is 282 g/mol. The zero-order chi connectivity index (χ0) is 14.7. The maximum atomic E-state index is 12.3. The van der Waals surface area contributed by atoms with Gasteiger partial charge in [0.2, 0.25) is 0 Å². The highest BCUT2D eigenvalue weighted by Crippen LogP contribution is 2.26. The van der Waals surface area contributed by atoms with E-state index in [4.69, 9.17) is 5.73 Å². The molecular weight excluding hydrogens is 264 g/mol. The van der Waals surface area contributed by atoms with Gasteiger partial charge < -0.3 is 16.0 Å². The number of anilines is 3. The Bertz CT molecular complexity index is 633. The molecule has 2 aromatic rings. The van der Waals surface area contributed by atoms with Gasteiger partial charge in [-0.2, -0.15) is 0 Å². The molecule has 1 saturated heterocycles. The Labute approximate surface area is 123 Å². The van der Waals surface area contributed by atoms with Crippen LogP contribution in [0.15, 0.2) is 42.6 Å². The summed E-state index contributed by atoms with van der Waals surface area (Å²) in [6.07, 6.45) is 4.09. The Morgan fingerprint density at radius 2 is 1.86 bits per heavy atom. The van der Waals surface area contributed by atoms with Crippen LogP contribution in [0.25, 0.3) is 0 Å². The molecule has 0 bridgehead atoms. The van der Waals surface area contributed by atoms with Gasteiger partial charge in [0.05, 0.1) is 5.69 Å². The fourth-order valence-corrected chi connectivity index (χ4v) is 2.50. The number of carbonyl (C=O) groups excluding carboxylic acids is 1. The lowest BCUT2D eigenvalue weighted by Crippen LogP contribution is -2.22. The van der Waals surface area contributed by atoms with Crippen LogP contribution in [-0.2, 0) is 0 Å². The predicted molar refractivity (Wildman–Crippen MR) is 84.5 cm³/mol. The molecule has 0 unspecified atom stereocenters. The van der Waals surface area contributed by atoms with E-state index in [0.717, 1.165) is 24.6 Å². The SMILES string of the molecule is Nc1ccc(C(=O)Nc2cccnc2N2CCCC2)cc1.